The molecule has 0 radical (unpaired) electrons. The highest BCUT2D eigenvalue weighted by atomic mass is 16.5. The smallest absolute Gasteiger partial charge is 0.223 e. The first kappa shape index (κ1) is 16.9. The maximum absolute atomic E-state index is 12.5. The average molecular weight is 342 g/mol. The summed E-state index contributed by atoms with van der Waals surface area (Å²) >= 11 is 0. The quantitative estimate of drug-likeness (QED) is 0.910. The van der Waals surface area contributed by atoms with Crippen LogP contribution in [-0.2, 0) is 11.3 Å². The molecule has 0 aromatic heterocycles. The van der Waals surface area contributed by atoms with Gasteiger partial charge in [0.05, 0.1) is 7.11 Å². The molecule has 1 aliphatic carbocycles. The molecule has 4 heteroatoms. The van der Waals surface area contributed by atoms with Gasteiger partial charge in [0.2, 0.25) is 5.91 Å². The Kier molecular flexibility index (Phi) is 4.72. The Morgan fingerprint density at radius 1 is 1.24 bits per heavy atom. The van der Waals surface area contributed by atoms with Gasteiger partial charge in [-0.05, 0) is 56.9 Å². The van der Waals surface area contributed by atoms with Gasteiger partial charge in [-0.2, -0.15) is 0 Å². The molecule has 1 spiro atoms. The number of ether oxygens (including phenoxy) is 1. The molecule has 4 nitrogen and oxygen atoms in total. The number of nitrogens with zero attached hydrogens (tertiary/aromatic N) is 1. The van der Waals surface area contributed by atoms with E-state index in [-0.39, 0.29) is 5.54 Å². The summed E-state index contributed by atoms with van der Waals surface area (Å²) in [5, 5.41) is 3.77. The van der Waals surface area contributed by atoms with Crippen molar-refractivity contribution in [2.75, 3.05) is 13.7 Å². The van der Waals surface area contributed by atoms with E-state index in [1.54, 1.807) is 7.11 Å². The molecular formula is C21H30N2O2. The number of carbonyl (C=O) groups excluding carboxylic acids is 1. The van der Waals surface area contributed by atoms with E-state index >= 15 is 0 Å². The predicted molar refractivity (Wildman–Crippen MR) is 98.5 cm³/mol. The van der Waals surface area contributed by atoms with E-state index in [1.165, 1.54) is 44.1 Å². The van der Waals surface area contributed by atoms with Gasteiger partial charge in [0.1, 0.15) is 5.75 Å². The van der Waals surface area contributed by atoms with E-state index in [0.29, 0.717) is 17.9 Å². The summed E-state index contributed by atoms with van der Waals surface area (Å²) in [6.07, 6.45) is 9.03. The zero-order valence-corrected chi connectivity index (χ0v) is 15.3. The lowest BCUT2D eigenvalue weighted by Crippen LogP contribution is -2.55. The van der Waals surface area contributed by atoms with Crippen LogP contribution in [0.4, 0.5) is 0 Å². The second kappa shape index (κ2) is 6.99. The monoisotopic (exact) mass is 342 g/mol. The van der Waals surface area contributed by atoms with Crippen LogP contribution in [0.2, 0.25) is 0 Å². The zero-order chi connectivity index (χ0) is 17.3. The third kappa shape index (κ3) is 3.05. The molecule has 4 rings (SSSR count). The minimum Gasteiger partial charge on any atom is -0.496 e. The van der Waals surface area contributed by atoms with Crippen molar-refractivity contribution in [1.29, 1.82) is 0 Å². The molecule has 0 unspecified atom stereocenters. The second-order valence-corrected chi connectivity index (χ2v) is 8.01. The number of methoxy groups -OCH3 is 1. The maximum Gasteiger partial charge on any atom is 0.223 e. The van der Waals surface area contributed by atoms with Crippen LogP contribution >= 0.6 is 0 Å². The molecule has 136 valence electrons. The standard InChI is InChI=1S/C21H30N2O2/c1-25-19-8-3-2-6-16(19)15-22-18-10-12-21-11-5-13-23(21)20(24)9-4-7-17(21)14-18/h2-3,6,8,17-18,22H,4-5,7,9-15H2,1H3/t17-,18+,21+/m0/s1. The summed E-state index contributed by atoms with van der Waals surface area (Å²) in [6, 6.07) is 8.81. The number of para-hydroxylation sites is 1. The van der Waals surface area contributed by atoms with Crippen molar-refractivity contribution >= 4 is 5.91 Å². The molecule has 1 aromatic carbocycles. The summed E-state index contributed by atoms with van der Waals surface area (Å²) in [6.45, 7) is 1.85. The summed E-state index contributed by atoms with van der Waals surface area (Å²) < 4.78 is 5.47. The molecule has 2 saturated heterocycles. The first-order chi connectivity index (χ1) is 12.2. The van der Waals surface area contributed by atoms with E-state index in [9.17, 15) is 4.79 Å². The van der Waals surface area contributed by atoms with Gasteiger partial charge in [0, 0.05) is 36.7 Å². The van der Waals surface area contributed by atoms with E-state index in [0.717, 1.165) is 31.7 Å². The Balaban J connectivity index is 1.43. The van der Waals surface area contributed by atoms with Crippen molar-refractivity contribution in [1.82, 2.24) is 10.2 Å². The fraction of sp³-hybridized carbons (Fsp3) is 0.667. The van der Waals surface area contributed by atoms with Crippen LogP contribution in [0.1, 0.15) is 56.9 Å². The molecule has 0 bridgehead atoms. The van der Waals surface area contributed by atoms with Crippen LogP contribution in [0.3, 0.4) is 0 Å². The molecule has 2 heterocycles. The normalized spacial score (nSPS) is 32.0. The minimum atomic E-state index is 0.191. The Morgan fingerprint density at radius 3 is 3.00 bits per heavy atom. The number of nitrogens with one attached hydrogen (secondary N) is 1. The fourth-order valence-corrected chi connectivity index (χ4v) is 5.58. The molecule has 2 aliphatic heterocycles. The van der Waals surface area contributed by atoms with Crippen LogP contribution in [0, 0.1) is 5.92 Å². The van der Waals surface area contributed by atoms with Gasteiger partial charge in [-0.3, -0.25) is 4.79 Å². The first-order valence-corrected chi connectivity index (χ1v) is 9.89. The summed E-state index contributed by atoms with van der Waals surface area (Å²) in [5.41, 5.74) is 1.42. The van der Waals surface area contributed by atoms with Crippen molar-refractivity contribution < 1.29 is 9.53 Å². The van der Waals surface area contributed by atoms with Crippen LogP contribution in [0.5, 0.6) is 5.75 Å². The van der Waals surface area contributed by atoms with Crippen LogP contribution < -0.4 is 10.1 Å². The zero-order valence-electron chi connectivity index (χ0n) is 15.3. The van der Waals surface area contributed by atoms with Crippen LogP contribution in [0.25, 0.3) is 0 Å². The molecule has 3 atom stereocenters. The lowest BCUT2D eigenvalue weighted by molar-refractivity contribution is -0.137. The van der Waals surface area contributed by atoms with Crippen molar-refractivity contribution in [3.8, 4) is 5.75 Å². The van der Waals surface area contributed by atoms with Gasteiger partial charge in [-0.1, -0.05) is 18.2 Å². The van der Waals surface area contributed by atoms with Crippen LogP contribution in [-0.4, -0.2) is 36.0 Å². The lowest BCUT2D eigenvalue weighted by atomic mass is 9.68. The van der Waals surface area contributed by atoms with Gasteiger partial charge >= 0.3 is 0 Å². The molecule has 25 heavy (non-hydrogen) atoms. The van der Waals surface area contributed by atoms with E-state index in [2.05, 4.69) is 22.3 Å². The topological polar surface area (TPSA) is 41.6 Å². The van der Waals surface area contributed by atoms with Crippen molar-refractivity contribution in [2.45, 2.75) is 69.5 Å². The molecule has 1 saturated carbocycles. The molecule has 1 aromatic rings. The first-order valence-electron chi connectivity index (χ1n) is 9.89. The van der Waals surface area contributed by atoms with Gasteiger partial charge < -0.3 is 15.0 Å². The Labute approximate surface area is 150 Å². The lowest BCUT2D eigenvalue weighted by Gasteiger charge is -2.48. The molecule has 3 fully saturated rings. The van der Waals surface area contributed by atoms with E-state index in [1.807, 2.05) is 12.1 Å². The fourth-order valence-electron chi connectivity index (χ4n) is 5.58. The predicted octanol–water partition coefficient (Wildman–Crippen LogP) is 3.50. The maximum atomic E-state index is 12.5. The highest BCUT2D eigenvalue weighted by molar-refractivity contribution is 5.78. The number of hydrogen-bond acceptors (Lipinski definition) is 3. The van der Waals surface area contributed by atoms with Crippen molar-refractivity contribution in [3.63, 3.8) is 0 Å². The molecule has 1 N–H and O–H groups in total. The van der Waals surface area contributed by atoms with Gasteiger partial charge in [0.15, 0.2) is 0 Å². The summed E-state index contributed by atoms with van der Waals surface area (Å²) in [5.74, 6) is 2.05. The van der Waals surface area contributed by atoms with Crippen molar-refractivity contribution in [3.05, 3.63) is 29.8 Å². The average Bonchev–Trinajstić information content (AvgIpc) is 3.01. The second-order valence-electron chi connectivity index (χ2n) is 8.01. The third-order valence-corrected chi connectivity index (χ3v) is 6.80. The summed E-state index contributed by atoms with van der Waals surface area (Å²) in [7, 11) is 1.74. The Bertz CT molecular complexity index is 632. The molecule has 3 aliphatic rings. The minimum absolute atomic E-state index is 0.191. The number of carbonyl (C=O) groups is 1. The Morgan fingerprint density at radius 2 is 2.12 bits per heavy atom. The third-order valence-electron chi connectivity index (χ3n) is 6.80. The van der Waals surface area contributed by atoms with Gasteiger partial charge in [0.25, 0.3) is 0 Å². The SMILES string of the molecule is COc1ccccc1CN[C@@H]1CC[C@@]23CCCN2C(=O)CCC[C@H]3C1. The Hall–Kier alpha value is -1.55. The molecular weight excluding hydrogens is 312 g/mol. The van der Waals surface area contributed by atoms with Crippen LogP contribution in [0.15, 0.2) is 24.3 Å². The summed E-state index contributed by atoms with van der Waals surface area (Å²) in [4.78, 5) is 14.8. The highest BCUT2D eigenvalue weighted by Crippen LogP contribution is 2.49. The number of hydrogen-bond donors (Lipinski definition) is 1. The van der Waals surface area contributed by atoms with Gasteiger partial charge in [-0.25, -0.2) is 0 Å². The van der Waals surface area contributed by atoms with E-state index in [4.69, 9.17) is 4.74 Å². The number of benzene rings is 1. The number of amides is 1. The largest absolute Gasteiger partial charge is 0.496 e. The molecule has 1 amide bonds. The van der Waals surface area contributed by atoms with E-state index < -0.39 is 0 Å². The highest BCUT2D eigenvalue weighted by Gasteiger charge is 2.52. The van der Waals surface area contributed by atoms with Gasteiger partial charge in [-0.15, -0.1) is 0 Å². The van der Waals surface area contributed by atoms with Crippen molar-refractivity contribution in [2.24, 2.45) is 5.92 Å². The number of rotatable bonds is 4.